The van der Waals surface area contributed by atoms with Gasteiger partial charge in [0.2, 0.25) is 0 Å². The summed E-state index contributed by atoms with van der Waals surface area (Å²) in [4.78, 5) is 22.5. The van der Waals surface area contributed by atoms with Crippen molar-refractivity contribution in [2.75, 3.05) is 19.7 Å². The zero-order valence-electron chi connectivity index (χ0n) is 11.9. The third-order valence-electron chi connectivity index (χ3n) is 3.53. The minimum atomic E-state index is -0.0910. The van der Waals surface area contributed by atoms with Gasteiger partial charge in [0.1, 0.15) is 11.8 Å². The lowest BCUT2D eigenvalue weighted by atomic mass is 10.1. The van der Waals surface area contributed by atoms with Gasteiger partial charge in [-0.1, -0.05) is 30.3 Å². The van der Waals surface area contributed by atoms with Gasteiger partial charge < -0.3 is 9.64 Å². The van der Waals surface area contributed by atoms with Crippen LogP contribution in [0.15, 0.2) is 42.7 Å². The van der Waals surface area contributed by atoms with Crippen LogP contribution in [0.2, 0.25) is 0 Å². The van der Waals surface area contributed by atoms with Crippen molar-refractivity contribution in [2.45, 2.75) is 13.0 Å². The van der Waals surface area contributed by atoms with Gasteiger partial charge in [-0.25, -0.2) is 4.98 Å². The normalized spacial score (nSPS) is 18.5. The maximum absolute atomic E-state index is 12.5. The number of hydrogen-bond donors (Lipinski definition) is 0. The summed E-state index contributed by atoms with van der Waals surface area (Å²) in [6.45, 7) is 3.50. The largest absolute Gasteiger partial charge is 0.370 e. The molecule has 1 saturated heterocycles. The van der Waals surface area contributed by atoms with Gasteiger partial charge in [0, 0.05) is 12.7 Å². The molecule has 1 atom stereocenters. The first kappa shape index (κ1) is 13.7. The van der Waals surface area contributed by atoms with Crippen LogP contribution in [0.4, 0.5) is 0 Å². The van der Waals surface area contributed by atoms with Crippen LogP contribution in [0.5, 0.6) is 0 Å². The van der Waals surface area contributed by atoms with Gasteiger partial charge in [-0.2, -0.15) is 0 Å². The maximum atomic E-state index is 12.5. The molecule has 0 aliphatic carbocycles. The molecular weight excluding hydrogens is 266 g/mol. The molecular formula is C16H17N3O2. The minimum absolute atomic E-state index is 0.0812. The van der Waals surface area contributed by atoms with E-state index in [2.05, 4.69) is 9.97 Å². The van der Waals surface area contributed by atoms with E-state index in [4.69, 9.17) is 4.74 Å². The number of carbonyl (C=O) groups is 1. The van der Waals surface area contributed by atoms with Gasteiger partial charge in [0.25, 0.3) is 5.91 Å². The maximum Gasteiger partial charge on any atom is 0.274 e. The van der Waals surface area contributed by atoms with Crippen LogP contribution in [-0.2, 0) is 4.74 Å². The van der Waals surface area contributed by atoms with E-state index in [0.29, 0.717) is 25.4 Å². The predicted molar refractivity (Wildman–Crippen MR) is 77.8 cm³/mol. The highest BCUT2D eigenvalue weighted by molar-refractivity contribution is 5.92. The molecule has 3 rings (SSSR count). The molecule has 0 spiro atoms. The lowest BCUT2D eigenvalue weighted by molar-refractivity contribution is -0.0230. The van der Waals surface area contributed by atoms with Crippen LogP contribution < -0.4 is 0 Å². The van der Waals surface area contributed by atoms with Crippen molar-refractivity contribution in [1.29, 1.82) is 0 Å². The van der Waals surface area contributed by atoms with Gasteiger partial charge in [0.05, 0.1) is 25.0 Å². The van der Waals surface area contributed by atoms with E-state index in [0.717, 1.165) is 11.3 Å². The summed E-state index contributed by atoms with van der Waals surface area (Å²) in [7, 11) is 0. The second-order valence-corrected chi connectivity index (χ2v) is 5.06. The van der Waals surface area contributed by atoms with E-state index in [-0.39, 0.29) is 12.0 Å². The number of hydrogen-bond acceptors (Lipinski definition) is 4. The molecule has 0 unspecified atom stereocenters. The molecule has 0 saturated carbocycles. The Morgan fingerprint density at radius 1 is 1.24 bits per heavy atom. The summed E-state index contributed by atoms with van der Waals surface area (Å²) in [6.07, 6.45) is 3.06. The predicted octanol–water partition coefficient (Wildman–Crippen LogP) is 2.00. The fourth-order valence-electron chi connectivity index (χ4n) is 2.37. The van der Waals surface area contributed by atoms with Crippen LogP contribution >= 0.6 is 0 Å². The van der Waals surface area contributed by atoms with E-state index < -0.39 is 0 Å². The second kappa shape index (κ2) is 6.01. The van der Waals surface area contributed by atoms with Crippen LogP contribution in [0.3, 0.4) is 0 Å². The van der Waals surface area contributed by atoms with Crippen LogP contribution in [0.1, 0.15) is 27.8 Å². The zero-order valence-corrected chi connectivity index (χ0v) is 11.9. The fraction of sp³-hybridized carbons (Fsp3) is 0.312. The Kier molecular flexibility index (Phi) is 3.92. The molecule has 1 aliphatic rings. The van der Waals surface area contributed by atoms with E-state index in [9.17, 15) is 4.79 Å². The molecule has 2 aromatic rings. The Balaban J connectivity index is 1.74. The second-order valence-electron chi connectivity index (χ2n) is 5.06. The topological polar surface area (TPSA) is 55.3 Å². The van der Waals surface area contributed by atoms with Crippen molar-refractivity contribution in [3.05, 3.63) is 59.7 Å². The Hall–Kier alpha value is -2.27. The van der Waals surface area contributed by atoms with E-state index in [1.165, 1.54) is 6.20 Å². The number of aromatic nitrogens is 2. The van der Waals surface area contributed by atoms with Gasteiger partial charge in [-0.15, -0.1) is 0 Å². The molecule has 1 aromatic carbocycles. The van der Waals surface area contributed by atoms with Gasteiger partial charge in [-0.3, -0.25) is 9.78 Å². The number of carbonyl (C=O) groups excluding carboxylic acids is 1. The quantitative estimate of drug-likeness (QED) is 0.846. The van der Waals surface area contributed by atoms with Crippen molar-refractivity contribution in [3.8, 4) is 0 Å². The van der Waals surface area contributed by atoms with Crippen molar-refractivity contribution >= 4 is 5.91 Å². The Morgan fingerprint density at radius 2 is 2.05 bits per heavy atom. The summed E-state index contributed by atoms with van der Waals surface area (Å²) in [6, 6.07) is 9.96. The molecule has 2 heterocycles. The molecule has 5 nitrogen and oxygen atoms in total. The number of rotatable bonds is 2. The molecule has 0 radical (unpaired) electrons. The highest BCUT2D eigenvalue weighted by Gasteiger charge is 2.26. The minimum Gasteiger partial charge on any atom is -0.370 e. The average Bonchev–Trinajstić information content (AvgIpc) is 2.56. The first-order chi connectivity index (χ1) is 10.2. The van der Waals surface area contributed by atoms with E-state index >= 15 is 0 Å². The van der Waals surface area contributed by atoms with Crippen LogP contribution in [0, 0.1) is 6.92 Å². The highest BCUT2D eigenvalue weighted by Crippen LogP contribution is 2.22. The molecule has 0 bridgehead atoms. The molecule has 1 aliphatic heterocycles. The average molecular weight is 283 g/mol. The molecule has 1 aromatic heterocycles. The molecule has 1 amide bonds. The molecule has 0 N–H and O–H groups in total. The Morgan fingerprint density at radius 3 is 2.76 bits per heavy atom. The SMILES string of the molecule is Cc1cnc(C(=O)N2CCO[C@@H](c3ccccc3)C2)cn1. The van der Waals surface area contributed by atoms with Crippen LogP contribution in [0.25, 0.3) is 0 Å². The van der Waals surface area contributed by atoms with Crippen molar-refractivity contribution in [2.24, 2.45) is 0 Å². The smallest absolute Gasteiger partial charge is 0.274 e. The summed E-state index contributed by atoms with van der Waals surface area (Å²) < 4.78 is 5.77. The van der Waals surface area contributed by atoms with Gasteiger partial charge in [-0.05, 0) is 12.5 Å². The number of ether oxygens (including phenoxy) is 1. The summed E-state index contributed by atoms with van der Waals surface area (Å²) >= 11 is 0. The van der Waals surface area contributed by atoms with Crippen molar-refractivity contribution in [1.82, 2.24) is 14.9 Å². The number of nitrogens with zero attached hydrogens (tertiary/aromatic N) is 3. The number of aryl methyl sites for hydroxylation is 1. The standard InChI is InChI=1S/C16H17N3O2/c1-12-9-18-14(10-17-12)16(20)19-7-8-21-15(11-19)13-5-3-2-4-6-13/h2-6,9-10,15H,7-8,11H2,1H3/t15-/m1/s1. The van der Waals surface area contributed by atoms with E-state index in [1.54, 1.807) is 11.1 Å². The van der Waals surface area contributed by atoms with Gasteiger partial charge >= 0.3 is 0 Å². The summed E-state index contributed by atoms with van der Waals surface area (Å²) in [5.74, 6) is -0.0910. The molecule has 5 heteroatoms. The zero-order chi connectivity index (χ0) is 14.7. The first-order valence-electron chi connectivity index (χ1n) is 6.98. The molecule has 108 valence electrons. The van der Waals surface area contributed by atoms with Gasteiger partial charge in [0.15, 0.2) is 0 Å². The lowest BCUT2D eigenvalue weighted by Crippen LogP contribution is -2.42. The van der Waals surface area contributed by atoms with E-state index in [1.807, 2.05) is 37.3 Å². The monoisotopic (exact) mass is 283 g/mol. The van der Waals surface area contributed by atoms with Crippen LogP contribution in [-0.4, -0.2) is 40.5 Å². The fourth-order valence-corrected chi connectivity index (χ4v) is 2.37. The molecule has 21 heavy (non-hydrogen) atoms. The Bertz CT molecular complexity index is 613. The summed E-state index contributed by atoms with van der Waals surface area (Å²) in [5, 5.41) is 0. The number of benzene rings is 1. The highest BCUT2D eigenvalue weighted by atomic mass is 16.5. The number of amides is 1. The third-order valence-corrected chi connectivity index (χ3v) is 3.53. The van der Waals surface area contributed by atoms with Crippen molar-refractivity contribution < 1.29 is 9.53 Å². The number of morpholine rings is 1. The third kappa shape index (κ3) is 3.08. The Labute approximate surface area is 123 Å². The van der Waals surface area contributed by atoms with Crippen molar-refractivity contribution in [3.63, 3.8) is 0 Å². The first-order valence-corrected chi connectivity index (χ1v) is 6.98. The lowest BCUT2D eigenvalue weighted by Gasteiger charge is -2.33. The summed E-state index contributed by atoms with van der Waals surface area (Å²) in [5.41, 5.74) is 2.27. The molecule has 1 fully saturated rings.